The molecule has 0 saturated carbocycles. The van der Waals surface area contributed by atoms with Gasteiger partial charge >= 0.3 is 12.4 Å². The Balaban J connectivity index is 1.46. The molecule has 1 unspecified atom stereocenters. The number of rotatable bonds is 9. The molecule has 48 heavy (non-hydrogen) atoms. The van der Waals surface area contributed by atoms with E-state index in [9.17, 15) is 31.1 Å². The Morgan fingerprint density at radius 3 is 2.27 bits per heavy atom. The van der Waals surface area contributed by atoms with Gasteiger partial charge in [0, 0.05) is 17.7 Å². The van der Waals surface area contributed by atoms with Crippen molar-refractivity contribution >= 4 is 17.4 Å². The Labute approximate surface area is 274 Å². The first-order valence-corrected chi connectivity index (χ1v) is 15.1. The van der Waals surface area contributed by atoms with Crippen molar-refractivity contribution in [2.75, 3.05) is 6.61 Å². The number of carbonyl (C=O) groups excluding carboxylic acids is 1. The smallest absolute Gasteiger partial charge is 0.355 e. The van der Waals surface area contributed by atoms with Crippen LogP contribution in [0.5, 0.6) is 0 Å². The summed E-state index contributed by atoms with van der Waals surface area (Å²) in [5.41, 5.74) is -2.77. The van der Waals surface area contributed by atoms with Gasteiger partial charge in [0.2, 0.25) is 5.78 Å². The number of alkyl halides is 6. The molecule has 2 aromatic heterocycles. The van der Waals surface area contributed by atoms with Gasteiger partial charge in [-0.15, -0.1) is 5.10 Å². The summed E-state index contributed by atoms with van der Waals surface area (Å²) in [6.07, 6.45) is -8.22. The number of aromatic nitrogens is 4. The highest BCUT2D eigenvalue weighted by molar-refractivity contribution is 6.33. The minimum atomic E-state index is -5.05. The van der Waals surface area contributed by atoms with Gasteiger partial charge in [-0.2, -0.15) is 26.3 Å². The van der Waals surface area contributed by atoms with Crippen molar-refractivity contribution in [2.45, 2.75) is 51.1 Å². The van der Waals surface area contributed by atoms with Gasteiger partial charge in [-0.05, 0) is 55.2 Å². The van der Waals surface area contributed by atoms with Crippen molar-refractivity contribution in [1.82, 2.24) is 20.2 Å². The molecule has 0 spiro atoms. The van der Waals surface area contributed by atoms with E-state index < -0.39 is 42.1 Å². The Bertz CT molecular complexity index is 1890. The van der Waals surface area contributed by atoms with E-state index in [1.54, 1.807) is 54.6 Å². The molecule has 250 valence electrons. The minimum absolute atomic E-state index is 0.00928. The summed E-state index contributed by atoms with van der Waals surface area (Å²) in [6.45, 7) is -0.244. The lowest BCUT2D eigenvalue weighted by Crippen LogP contribution is -2.22. The number of nitrogens with zero attached hydrogens (tertiary/aromatic N) is 4. The largest absolute Gasteiger partial charge is 0.416 e. The number of hydrogen-bond acceptors (Lipinski definition) is 7. The molecule has 0 radical (unpaired) electrons. The van der Waals surface area contributed by atoms with E-state index in [1.165, 1.54) is 0 Å². The van der Waals surface area contributed by atoms with Gasteiger partial charge in [-0.1, -0.05) is 64.4 Å². The van der Waals surface area contributed by atoms with Crippen LogP contribution in [0.3, 0.4) is 0 Å². The lowest BCUT2D eigenvalue weighted by Gasteiger charge is -2.22. The fourth-order valence-corrected chi connectivity index (χ4v) is 5.58. The summed E-state index contributed by atoms with van der Waals surface area (Å²) in [5.74, 6) is -0.727. The van der Waals surface area contributed by atoms with Gasteiger partial charge in [0.25, 0.3) is 0 Å². The number of carbonyl (C=O) groups is 1. The van der Waals surface area contributed by atoms with Crippen LogP contribution in [0.1, 0.15) is 57.7 Å². The van der Waals surface area contributed by atoms with Crippen molar-refractivity contribution in [3.63, 3.8) is 0 Å². The molecule has 1 fully saturated rings. The third kappa shape index (κ3) is 7.15. The summed E-state index contributed by atoms with van der Waals surface area (Å²) < 4.78 is 100.0. The molecule has 3 heterocycles. The third-order valence-electron chi connectivity index (χ3n) is 7.63. The highest BCUT2D eigenvalue weighted by Gasteiger charge is 2.37. The molecule has 0 aliphatic carbocycles. The van der Waals surface area contributed by atoms with Crippen molar-refractivity contribution in [3.05, 3.63) is 111 Å². The van der Waals surface area contributed by atoms with Gasteiger partial charge in [0.1, 0.15) is 11.4 Å². The number of ketones is 1. The predicted molar refractivity (Wildman–Crippen MR) is 160 cm³/mol. The average Bonchev–Trinajstić information content (AvgIpc) is 3.68. The monoisotopic (exact) mass is 690 g/mol. The molecule has 8 nitrogen and oxygen atoms in total. The molecule has 0 bridgehead atoms. The molecular weight excluding hydrogens is 666 g/mol. The van der Waals surface area contributed by atoms with Crippen LogP contribution in [-0.2, 0) is 35.0 Å². The predicted octanol–water partition coefficient (Wildman–Crippen LogP) is 8.61. The molecule has 1 atom stereocenters. The fourth-order valence-electron chi connectivity index (χ4n) is 5.36. The lowest BCUT2D eigenvalue weighted by atomic mass is 9.98. The van der Waals surface area contributed by atoms with Crippen molar-refractivity contribution in [2.24, 2.45) is 0 Å². The van der Waals surface area contributed by atoms with Gasteiger partial charge in [0.15, 0.2) is 17.7 Å². The van der Waals surface area contributed by atoms with E-state index in [4.69, 9.17) is 25.6 Å². The maximum absolute atomic E-state index is 14.5. The van der Waals surface area contributed by atoms with E-state index in [1.807, 2.05) is 0 Å². The average molecular weight is 691 g/mol. The zero-order valence-corrected chi connectivity index (χ0v) is 25.6. The zero-order chi connectivity index (χ0) is 34.1. The van der Waals surface area contributed by atoms with E-state index in [0.717, 1.165) is 17.5 Å². The summed E-state index contributed by atoms with van der Waals surface area (Å²) in [5, 5.41) is 12.5. The maximum atomic E-state index is 14.5. The summed E-state index contributed by atoms with van der Waals surface area (Å²) in [4.78, 5) is 14.5. The molecule has 1 saturated heterocycles. The van der Waals surface area contributed by atoms with E-state index in [0.29, 0.717) is 36.3 Å². The van der Waals surface area contributed by atoms with Gasteiger partial charge in [-0.25, -0.2) is 4.68 Å². The van der Waals surface area contributed by atoms with E-state index in [-0.39, 0.29) is 51.7 Å². The van der Waals surface area contributed by atoms with Crippen LogP contribution in [0.2, 0.25) is 5.02 Å². The molecular formula is C33H25ClF6N4O4. The molecule has 0 amide bonds. The second-order valence-electron chi connectivity index (χ2n) is 11.0. The zero-order valence-electron chi connectivity index (χ0n) is 24.8. The molecule has 15 heteroatoms. The highest BCUT2D eigenvalue weighted by atomic mass is 35.5. The SMILES string of the molecule is O=C(c1nnn(Cc2cc(C(F)(F)F)cc(C(F)(F)F)c2)c1-c1ccccc1)c1c(COC2CCCCO2)noc1-c1ccccc1Cl. The van der Waals surface area contributed by atoms with Crippen LogP contribution >= 0.6 is 11.6 Å². The van der Waals surface area contributed by atoms with Gasteiger partial charge in [-0.3, -0.25) is 4.79 Å². The number of benzene rings is 3. The van der Waals surface area contributed by atoms with Crippen LogP contribution in [0, 0.1) is 0 Å². The first-order chi connectivity index (χ1) is 22.9. The van der Waals surface area contributed by atoms with Crippen LogP contribution in [0.15, 0.2) is 77.3 Å². The summed E-state index contributed by atoms with van der Waals surface area (Å²) in [7, 11) is 0. The van der Waals surface area contributed by atoms with Crippen molar-refractivity contribution in [1.29, 1.82) is 0 Å². The topological polar surface area (TPSA) is 92.3 Å². The van der Waals surface area contributed by atoms with Crippen LogP contribution in [0.25, 0.3) is 22.6 Å². The van der Waals surface area contributed by atoms with Gasteiger partial charge in [0.05, 0.1) is 34.9 Å². The third-order valence-corrected chi connectivity index (χ3v) is 7.96. The van der Waals surface area contributed by atoms with Crippen LogP contribution < -0.4 is 0 Å². The normalized spacial score (nSPS) is 15.5. The molecule has 1 aliphatic heterocycles. The maximum Gasteiger partial charge on any atom is 0.416 e. The molecule has 6 rings (SSSR count). The lowest BCUT2D eigenvalue weighted by molar-refractivity contribution is -0.169. The first kappa shape index (κ1) is 33.4. The summed E-state index contributed by atoms with van der Waals surface area (Å²) >= 11 is 6.46. The van der Waals surface area contributed by atoms with Crippen molar-refractivity contribution < 1.29 is 45.1 Å². The second-order valence-corrected chi connectivity index (χ2v) is 11.4. The Morgan fingerprint density at radius 1 is 0.938 bits per heavy atom. The highest BCUT2D eigenvalue weighted by Crippen LogP contribution is 2.38. The first-order valence-electron chi connectivity index (χ1n) is 14.7. The number of hydrogen-bond donors (Lipinski definition) is 0. The molecule has 3 aromatic carbocycles. The number of halogens is 7. The Morgan fingerprint density at radius 2 is 1.62 bits per heavy atom. The summed E-state index contributed by atoms with van der Waals surface area (Å²) in [6, 6.07) is 16.0. The molecule has 5 aromatic rings. The standard InChI is InChI=1S/C33H25ClF6N4O4/c34-24-11-5-4-10-23(24)31-27(25(42-48-31)18-47-26-12-6-7-13-46-26)30(45)28-29(20-8-2-1-3-9-20)44(43-41-28)17-19-14-21(32(35,36)37)16-22(15-19)33(38,39)40/h1-5,8-11,14-16,26H,6-7,12-13,17-18H2. The molecule has 0 N–H and O–H groups in total. The quantitative estimate of drug-likeness (QED) is 0.113. The van der Waals surface area contributed by atoms with E-state index >= 15 is 0 Å². The van der Waals surface area contributed by atoms with E-state index in [2.05, 4.69) is 15.5 Å². The Kier molecular flexibility index (Phi) is 9.41. The minimum Gasteiger partial charge on any atom is -0.355 e. The molecule has 1 aliphatic rings. The van der Waals surface area contributed by atoms with Gasteiger partial charge < -0.3 is 14.0 Å². The van der Waals surface area contributed by atoms with Crippen LogP contribution in [0.4, 0.5) is 26.3 Å². The van der Waals surface area contributed by atoms with Crippen molar-refractivity contribution in [3.8, 4) is 22.6 Å². The number of ether oxygens (including phenoxy) is 2. The van der Waals surface area contributed by atoms with Crippen LogP contribution in [-0.4, -0.2) is 38.8 Å². The fraction of sp³-hybridized carbons (Fsp3) is 0.273. The second kappa shape index (κ2) is 13.5. The Hall–Kier alpha value is -4.53.